The first-order valence-electron chi connectivity index (χ1n) is 8.45. The first kappa shape index (κ1) is 20.1. The first-order valence-corrected chi connectivity index (χ1v) is 9.19. The molecule has 0 saturated heterocycles. The number of esters is 1. The zero-order valence-electron chi connectivity index (χ0n) is 15.9. The number of carbonyl (C=O) groups is 1. The van der Waals surface area contributed by atoms with Crippen molar-refractivity contribution in [3.8, 4) is 5.75 Å². The highest BCUT2D eigenvalue weighted by atomic mass is 32.2. The van der Waals surface area contributed by atoms with Crippen molar-refractivity contribution in [3.05, 3.63) is 70.7 Å². The summed E-state index contributed by atoms with van der Waals surface area (Å²) < 4.78 is 29.9. The molecule has 1 heterocycles. The Hall–Kier alpha value is -2.61. The lowest BCUT2D eigenvalue weighted by molar-refractivity contribution is -0.160. The van der Waals surface area contributed by atoms with Crippen LogP contribution in [-0.4, -0.2) is 20.2 Å². The zero-order chi connectivity index (χ0) is 20.3. The monoisotopic (exact) mass is 402 g/mol. The molecule has 1 aliphatic heterocycles. The second-order valence-electron chi connectivity index (χ2n) is 5.94. The van der Waals surface area contributed by atoms with E-state index in [0.29, 0.717) is 33.8 Å². The van der Waals surface area contributed by atoms with Crippen LogP contribution in [-0.2, 0) is 18.8 Å². The maximum Gasteiger partial charge on any atom is 0.344 e. The molecule has 7 heteroatoms. The third-order valence-electron chi connectivity index (χ3n) is 4.26. The van der Waals surface area contributed by atoms with E-state index in [9.17, 15) is 9.18 Å². The van der Waals surface area contributed by atoms with Crippen LogP contribution in [0.5, 0.6) is 5.75 Å². The van der Waals surface area contributed by atoms with E-state index in [1.54, 1.807) is 44.4 Å². The first-order chi connectivity index (χ1) is 13.5. The van der Waals surface area contributed by atoms with Gasteiger partial charge in [0.2, 0.25) is 0 Å². The molecule has 28 heavy (non-hydrogen) atoms. The lowest BCUT2D eigenvalue weighted by Gasteiger charge is -2.10. The fourth-order valence-electron chi connectivity index (χ4n) is 3.01. The van der Waals surface area contributed by atoms with Crippen molar-refractivity contribution in [3.63, 3.8) is 0 Å². The molecule has 0 unspecified atom stereocenters. The molecule has 2 aromatic carbocycles. The highest BCUT2D eigenvalue weighted by Crippen LogP contribution is 2.41. The minimum absolute atomic E-state index is 0.264. The van der Waals surface area contributed by atoms with E-state index in [2.05, 4.69) is 4.89 Å². The molecule has 0 radical (unpaired) electrons. The predicted octanol–water partition coefficient (Wildman–Crippen LogP) is 5.10. The molecule has 0 fully saturated rings. The van der Waals surface area contributed by atoms with Crippen molar-refractivity contribution in [1.82, 2.24) is 0 Å². The summed E-state index contributed by atoms with van der Waals surface area (Å²) in [6.45, 7) is 3.65. The third kappa shape index (κ3) is 3.82. The van der Waals surface area contributed by atoms with Gasteiger partial charge in [-0.2, -0.15) is 4.33 Å². The van der Waals surface area contributed by atoms with E-state index in [1.165, 1.54) is 13.2 Å². The molecule has 146 valence electrons. The summed E-state index contributed by atoms with van der Waals surface area (Å²) in [5.74, 6) is 0.136. The minimum Gasteiger partial charge on any atom is -0.496 e. The molecule has 0 N–H and O–H groups in total. The molecule has 0 aromatic heterocycles. The van der Waals surface area contributed by atoms with Gasteiger partial charge < -0.3 is 9.47 Å². The molecule has 3 rings (SSSR count). The Morgan fingerprint density at radius 3 is 2.39 bits per heavy atom. The Balaban J connectivity index is 2.14. The average molecular weight is 402 g/mol. The topological polar surface area (TPSA) is 54.0 Å². The number of cyclic esters (lactones) is 1. The normalized spacial score (nSPS) is 15.3. The molecule has 0 saturated carbocycles. The predicted molar refractivity (Wildman–Crippen MR) is 105 cm³/mol. The second-order valence-corrected chi connectivity index (χ2v) is 6.68. The van der Waals surface area contributed by atoms with Gasteiger partial charge in [0.1, 0.15) is 17.3 Å². The van der Waals surface area contributed by atoms with Crippen molar-refractivity contribution in [2.45, 2.75) is 18.7 Å². The summed E-state index contributed by atoms with van der Waals surface area (Å²) in [7, 11) is 2.93. The van der Waals surface area contributed by atoms with E-state index >= 15 is 0 Å². The molecule has 1 aliphatic rings. The molecule has 0 spiro atoms. The lowest BCUT2D eigenvalue weighted by Crippen LogP contribution is -1.99. The highest BCUT2D eigenvalue weighted by Gasteiger charge is 2.32. The van der Waals surface area contributed by atoms with Crippen LogP contribution in [0, 0.1) is 12.7 Å². The van der Waals surface area contributed by atoms with Gasteiger partial charge in [0.15, 0.2) is 0 Å². The number of ether oxygens (including phenoxy) is 2. The number of rotatable bonds is 6. The second kappa shape index (κ2) is 8.60. The van der Waals surface area contributed by atoms with Crippen molar-refractivity contribution >= 4 is 29.2 Å². The number of hydrogen-bond acceptors (Lipinski definition) is 6. The van der Waals surface area contributed by atoms with Crippen molar-refractivity contribution in [1.29, 1.82) is 0 Å². The number of allylic oxidation sites excluding steroid dienone is 2. The zero-order valence-corrected chi connectivity index (χ0v) is 16.7. The van der Waals surface area contributed by atoms with Gasteiger partial charge in [-0.1, -0.05) is 12.1 Å². The fourth-order valence-corrected chi connectivity index (χ4v) is 3.41. The number of methoxy groups -OCH3 is 1. The van der Waals surface area contributed by atoms with Crippen LogP contribution in [0.25, 0.3) is 11.1 Å². The van der Waals surface area contributed by atoms with Gasteiger partial charge in [-0.25, -0.2) is 14.1 Å². The van der Waals surface area contributed by atoms with E-state index in [1.807, 2.05) is 13.0 Å². The number of hydrogen-bond donors (Lipinski definition) is 0. The molecule has 5 nitrogen and oxygen atoms in total. The Bertz CT molecular complexity index is 981. The van der Waals surface area contributed by atoms with Crippen LogP contribution in [0.1, 0.15) is 23.6 Å². The Kier molecular flexibility index (Phi) is 6.18. The van der Waals surface area contributed by atoms with Crippen molar-refractivity contribution < 1.29 is 27.9 Å². The summed E-state index contributed by atoms with van der Waals surface area (Å²) in [6.07, 6.45) is 1.69. The van der Waals surface area contributed by atoms with Gasteiger partial charge in [-0.3, -0.25) is 0 Å². The smallest absolute Gasteiger partial charge is 0.344 e. The fraction of sp³-hybridized carbons (Fsp3) is 0.190. The Labute approximate surface area is 166 Å². The van der Waals surface area contributed by atoms with E-state index in [-0.39, 0.29) is 4.90 Å². The van der Waals surface area contributed by atoms with E-state index in [4.69, 9.17) is 13.8 Å². The van der Waals surface area contributed by atoms with Crippen LogP contribution in [0.15, 0.2) is 53.1 Å². The number of halogens is 1. The molecular weight excluding hydrogens is 383 g/mol. The van der Waals surface area contributed by atoms with Gasteiger partial charge in [0, 0.05) is 5.57 Å². The number of benzene rings is 2. The van der Waals surface area contributed by atoms with Crippen LogP contribution in [0.2, 0.25) is 0 Å². The molecular formula is C21H19FO5S. The van der Waals surface area contributed by atoms with E-state index < -0.39 is 11.8 Å². The minimum atomic E-state index is -0.493. The Morgan fingerprint density at radius 1 is 1.07 bits per heavy atom. The van der Waals surface area contributed by atoms with Gasteiger partial charge in [0.25, 0.3) is 0 Å². The summed E-state index contributed by atoms with van der Waals surface area (Å²) in [5.41, 5.74) is 3.01. The summed E-state index contributed by atoms with van der Waals surface area (Å²) >= 11 is 0.769. The van der Waals surface area contributed by atoms with Crippen LogP contribution < -0.4 is 4.74 Å². The van der Waals surface area contributed by atoms with Gasteiger partial charge in [-0.05, 0) is 60.9 Å². The molecule has 0 atom stereocenters. The largest absolute Gasteiger partial charge is 0.496 e. The summed E-state index contributed by atoms with van der Waals surface area (Å²) in [4.78, 5) is 17.4. The van der Waals surface area contributed by atoms with Gasteiger partial charge >= 0.3 is 5.97 Å². The van der Waals surface area contributed by atoms with E-state index in [0.717, 1.165) is 17.6 Å². The third-order valence-corrected chi connectivity index (χ3v) is 4.98. The number of aryl methyl sites for hydroxylation is 1. The van der Waals surface area contributed by atoms with Crippen LogP contribution in [0.4, 0.5) is 4.39 Å². The van der Waals surface area contributed by atoms with Gasteiger partial charge in [-0.15, -0.1) is 0 Å². The van der Waals surface area contributed by atoms with Crippen LogP contribution >= 0.6 is 12.0 Å². The maximum absolute atomic E-state index is 14.5. The molecule has 2 aromatic rings. The molecule has 0 bridgehead atoms. The van der Waals surface area contributed by atoms with Gasteiger partial charge in [0.05, 0.1) is 36.7 Å². The standard InChI is InChI=1S/C21H19FO5S/c1-5-16-19(14-7-9-18(15(22)11-14)28-27-25-4)20(21(23)26-16)13-6-8-17(24-3)12(2)10-13/h5-11H,1-4H3/b16-5-. The Morgan fingerprint density at radius 2 is 1.79 bits per heavy atom. The molecule has 0 amide bonds. The average Bonchev–Trinajstić information content (AvgIpc) is 3.03. The van der Waals surface area contributed by atoms with Crippen LogP contribution in [0.3, 0.4) is 0 Å². The summed E-state index contributed by atoms with van der Waals surface area (Å²) in [5, 5.41) is 0. The highest BCUT2D eigenvalue weighted by molar-refractivity contribution is 7.94. The van der Waals surface area contributed by atoms with Crippen molar-refractivity contribution in [2.75, 3.05) is 14.2 Å². The number of carbonyl (C=O) groups excluding carboxylic acids is 1. The maximum atomic E-state index is 14.5. The SMILES string of the molecule is C/C=C1\OC(=O)C(c2ccc(OC)c(C)c2)=C1c1ccc(SOOC)c(F)c1. The summed E-state index contributed by atoms with van der Waals surface area (Å²) in [6, 6.07) is 10.0. The lowest BCUT2D eigenvalue weighted by atomic mass is 9.94. The quantitative estimate of drug-likeness (QED) is 0.290. The van der Waals surface area contributed by atoms with Crippen molar-refractivity contribution in [2.24, 2.45) is 0 Å². The molecule has 0 aliphatic carbocycles.